The van der Waals surface area contributed by atoms with Crippen LogP contribution in [0.15, 0.2) is 35.1 Å². The van der Waals surface area contributed by atoms with Gasteiger partial charge in [0.1, 0.15) is 11.6 Å². The van der Waals surface area contributed by atoms with E-state index in [4.69, 9.17) is 21.1 Å². The predicted octanol–water partition coefficient (Wildman–Crippen LogP) is 2.68. The summed E-state index contributed by atoms with van der Waals surface area (Å²) in [5, 5.41) is 12.0. The maximum Gasteiger partial charge on any atom is 0.337 e. The van der Waals surface area contributed by atoms with Crippen molar-refractivity contribution in [2.75, 3.05) is 11.9 Å². The van der Waals surface area contributed by atoms with Crippen LogP contribution in [0.1, 0.15) is 16.1 Å². The molecule has 0 saturated carbocycles. The minimum absolute atomic E-state index is 0.0344. The van der Waals surface area contributed by atoms with Crippen LogP contribution >= 0.6 is 11.6 Å². The van der Waals surface area contributed by atoms with Crippen LogP contribution in [0.5, 0.6) is 0 Å². The molecule has 0 aliphatic heterocycles. The van der Waals surface area contributed by atoms with E-state index in [9.17, 15) is 4.79 Å². The molecule has 6 heteroatoms. The number of hydrogen-bond acceptors (Lipinski definition) is 4. The van der Waals surface area contributed by atoms with Gasteiger partial charge in [0.05, 0.1) is 16.8 Å². The molecule has 5 nitrogen and oxygen atoms in total. The molecule has 0 unspecified atom stereocenters. The van der Waals surface area contributed by atoms with Crippen molar-refractivity contribution in [1.82, 2.24) is 4.98 Å². The lowest BCUT2D eigenvalue weighted by atomic mass is 10.2. The van der Waals surface area contributed by atoms with Gasteiger partial charge in [-0.3, -0.25) is 0 Å². The fraction of sp³-hybridized carbons (Fsp3) is 0.167. The molecule has 0 saturated heterocycles. The average molecular weight is 267 g/mol. The zero-order valence-electron chi connectivity index (χ0n) is 9.39. The predicted molar refractivity (Wildman–Crippen MR) is 67.1 cm³/mol. The summed E-state index contributed by atoms with van der Waals surface area (Å²) in [6.45, 7) is 0.598. The van der Waals surface area contributed by atoms with E-state index < -0.39 is 5.97 Å². The van der Waals surface area contributed by atoms with Crippen LogP contribution in [0.4, 0.5) is 5.82 Å². The highest BCUT2D eigenvalue weighted by Gasteiger charge is 2.10. The fourth-order valence-electron chi connectivity index (χ4n) is 1.47. The van der Waals surface area contributed by atoms with Crippen LogP contribution < -0.4 is 5.32 Å². The third-order valence-corrected chi connectivity index (χ3v) is 2.64. The van der Waals surface area contributed by atoms with Gasteiger partial charge in [0.15, 0.2) is 0 Å². The number of halogens is 1. The minimum atomic E-state index is -1.07. The molecule has 0 fully saturated rings. The molecule has 94 valence electrons. The van der Waals surface area contributed by atoms with Crippen LogP contribution in [-0.2, 0) is 6.42 Å². The number of carboxylic acids is 1. The highest BCUT2D eigenvalue weighted by atomic mass is 35.5. The lowest BCUT2D eigenvalue weighted by Crippen LogP contribution is -2.07. The first kappa shape index (κ1) is 12.4. The second-order valence-electron chi connectivity index (χ2n) is 3.61. The third kappa shape index (κ3) is 3.01. The zero-order valence-corrected chi connectivity index (χ0v) is 10.1. The first-order valence-corrected chi connectivity index (χ1v) is 5.69. The number of hydrogen-bond donors (Lipinski definition) is 2. The smallest absolute Gasteiger partial charge is 0.337 e. The van der Waals surface area contributed by atoms with Crippen LogP contribution in [0, 0.1) is 0 Å². The molecule has 2 aromatic heterocycles. The molecule has 2 rings (SSSR count). The van der Waals surface area contributed by atoms with Gasteiger partial charge in [-0.15, -0.1) is 0 Å². The first-order chi connectivity index (χ1) is 8.66. The number of furan rings is 1. The molecule has 0 aliphatic rings. The summed E-state index contributed by atoms with van der Waals surface area (Å²) in [7, 11) is 0. The fourth-order valence-corrected chi connectivity index (χ4v) is 1.65. The van der Waals surface area contributed by atoms with E-state index in [-0.39, 0.29) is 10.6 Å². The van der Waals surface area contributed by atoms with Gasteiger partial charge in [0, 0.05) is 19.2 Å². The number of carboxylic acid groups (broad SMARTS) is 1. The van der Waals surface area contributed by atoms with Crippen molar-refractivity contribution >= 4 is 23.4 Å². The average Bonchev–Trinajstić information content (AvgIpc) is 2.84. The first-order valence-electron chi connectivity index (χ1n) is 5.32. The Morgan fingerprint density at radius 3 is 3.06 bits per heavy atom. The van der Waals surface area contributed by atoms with Crippen molar-refractivity contribution in [1.29, 1.82) is 0 Å². The number of anilines is 1. The van der Waals surface area contributed by atoms with Gasteiger partial charge in [-0.25, -0.2) is 9.78 Å². The van der Waals surface area contributed by atoms with Gasteiger partial charge in [-0.1, -0.05) is 11.6 Å². The summed E-state index contributed by atoms with van der Waals surface area (Å²) in [5.41, 5.74) is 0.0344. The Balaban J connectivity index is 1.97. The van der Waals surface area contributed by atoms with E-state index in [1.807, 2.05) is 12.1 Å². The Labute approximate surface area is 108 Å². The number of nitrogens with one attached hydrogen (secondary N) is 1. The molecule has 0 amide bonds. The van der Waals surface area contributed by atoms with Crippen molar-refractivity contribution in [3.63, 3.8) is 0 Å². The summed E-state index contributed by atoms with van der Waals surface area (Å²) >= 11 is 5.72. The molecule has 2 heterocycles. The van der Waals surface area contributed by atoms with E-state index >= 15 is 0 Å². The zero-order chi connectivity index (χ0) is 13.0. The summed E-state index contributed by atoms with van der Waals surface area (Å²) in [4.78, 5) is 14.9. The third-order valence-electron chi connectivity index (χ3n) is 2.34. The molecule has 0 aliphatic carbocycles. The Bertz CT molecular complexity index is 540. The van der Waals surface area contributed by atoms with E-state index in [1.165, 1.54) is 12.3 Å². The van der Waals surface area contributed by atoms with Crippen molar-refractivity contribution in [3.8, 4) is 0 Å². The van der Waals surface area contributed by atoms with Crippen molar-refractivity contribution in [3.05, 3.63) is 47.0 Å². The van der Waals surface area contributed by atoms with Gasteiger partial charge in [0.2, 0.25) is 0 Å². The second kappa shape index (κ2) is 5.55. The quantitative estimate of drug-likeness (QED) is 0.870. The Morgan fingerprint density at radius 2 is 2.39 bits per heavy atom. The van der Waals surface area contributed by atoms with Crippen LogP contribution in [0.2, 0.25) is 5.02 Å². The lowest BCUT2D eigenvalue weighted by Gasteiger charge is -2.06. The maximum atomic E-state index is 10.9. The van der Waals surface area contributed by atoms with Gasteiger partial charge in [-0.2, -0.15) is 0 Å². The van der Waals surface area contributed by atoms with Gasteiger partial charge in [0.25, 0.3) is 0 Å². The molecule has 2 aromatic rings. The van der Waals surface area contributed by atoms with Crippen LogP contribution in [0.3, 0.4) is 0 Å². The molecule has 18 heavy (non-hydrogen) atoms. The highest BCUT2D eigenvalue weighted by molar-refractivity contribution is 6.33. The topological polar surface area (TPSA) is 75.4 Å². The van der Waals surface area contributed by atoms with Crippen LogP contribution in [0.25, 0.3) is 0 Å². The monoisotopic (exact) mass is 266 g/mol. The summed E-state index contributed by atoms with van der Waals surface area (Å²) in [6.07, 6.45) is 3.62. The van der Waals surface area contributed by atoms with Gasteiger partial charge < -0.3 is 14.8 Å². The molecule has 0 radical (unpaired) electrons. The van der Waals surface area contributed by atoms with Crippen molar-refractivity contribution < 1.29 is 14.3 Å². The number of aromatic carboxylic acids is 1. The van der Waals surface area contributed by atoms with Gasteiger partial charge in [-0.05, 0) is 18.2 Å². The van der Waals surface area contributed by atoms with E-state index in [1.54, 1.807) is 6.26 Å². The Kier molecular flexibility index (Phi) is 3.84. The molecule has 0 atom stereocenters. The number of nitrogens with zero attached hydrogens (tertiary/aromatic N) is 1. The van der Waals surface area contributed by atoms with E-state index in [2.05, 4.69) is 10.3 Å². The summed E-state index contributed by atoms with van der Waals surface area (Å²) in [6, 6.07) is 5.10. The summed E-state index contributed by atoms with van der Waals surface area (Å²) in [5.74, 6) is 0.259. The molecule has 0 spiro atoms. The largest absolute Gasteiger partial charge is 0.478 e. The molecule has 0 aromatic carbocycles. The highest BCUT2D eigenvalue weighted by Crippen LogP contribution is 2.17. The summed E-state index contributed by atoms with van der Waals surface area (Å²) < 4.78 is 5.18. The standard InChI is InChI=1S/C12H11ClN2O3/c13-10-7-15-11(6-9(10)12(16)17)14-4-3-8-2-1-5-18-8/h1-2,5-7H,3-4H2,(H,14,15)(H,16,17). The van der Waals surface area contributed by atoms with E-state index in [0.29, 0.717) is 18.8 Å². The maximum absolute atomic E-state index is 10.9. The van der Waals surface area contributed by atoms with Crippen LogP contribution in [-0.4, -0.2) is 22.6 Å². The number of aromatic nitrogens is 1. The molecular formula is C12H11ClN2O3. The second-order valence-corrected chi connectivity index (χ2v) is 4.02. The number of rotatable bonds is 5. The number of carbonyl (C=O) groups is 1. The molecule has 0 bridgehead atoms. The van der Waals surface area contributed by atoms with Gasteiger partial charge >= 0.3 is 5.97 Å². The van der Waals surface area contributed by atoms with Crippen molar-refractivity contribution in [2.24, 2.45) is 0 Å². The lowest BCUT2D eigenvalue weighted by molar-refractivity contribution is 0.0697. The normalized spacial score (nSPS) is 10.3. The van der Waals surface area contributed by atoms with E-state index in [0.717, 1.165) is 5.76 Å². The molecular weight excluding hydrogens is 256 g/mol. The number of pyridine rings is 1. The Morgan fingerprint density at radius 1 is 1.56 bits per heavy atom. The molecule has 2 N–H and O–H groups in total. The van der Waals surface area contributed by atoms with Crippen molar-refractivity contribution in [2.45, 2.75) is 6.42 Å². The Hall–Kier alpha value is -2.01. The SMILES string of the molecule is O=C(O)c1cc(NCCc2ccco2)ncc1Cl. The minimum Gasteiger partial charge on any atom is -0.478 e.